The molecule has 0 radical (unpaired) electrons. The number of carbonyl (C=O) groups excluding carboxylic acids is 1. The molecule has 0 saturated carbocycles. The molecule has 14 heavy (non-hydrogen) atoms. The zero-order valence-corrected chi connectivity index (χ0v) is 9.15. The van der Waals surface area contributed by atoms with Crippen molar-refractivity contribution in [3.8, 4) is 0 Å². The molecule has 1 aliphatic rings. The van der Waals surface area contributed by atoms with Crippen LogP contribution in [0.2, 0.25) is 0 Å². The van der Waals surface area contributed by atoms with E-state index in [4.69, 9.17) is 0 Å². The standard InChI is InChI=1S/C8H13F2NO.C2H6/c1-2-7(12)11-5-3-8(9,10)4-6-11;1-2/h2-6H2,1H3;1-2H3. The summed E-state index contributed by atoms with van der Waals surface area (Å²) in [5.74, 6) is -2.57. The van der Waals surface area contributed by atoms with Crippen molar-refractivity contribution < 1.29 is 13.6 Å². The molecule has 1 heterocycles. The second kappa shape index (κ2) is 5.94. The third-order valence-corrected chi connectivity index (χ3v) is 2.15. The molecule has 1 fully saturated rings. The van der Waals surface area contributed by atoms with Crippen LogP contribution in [-0.2, 0) is 4.79 Å². The topological polar surface area (TPSA) is 20.3 Å². The minimum Gasteiger partial charge on any atom is -0.342 e. The highest BCUT2D eigenvalue weighted by Gasteiger charge is 2.34. The fourth-order valence-electron chi connectivity index (χ4n) is 1.31. The zero-order valence-electron chi connectivity index (χ0n) is 9.15. The van der Waals surface area contributed by atoms with Gasteiger partial charge in [-0.15, -0.1) is 0 Å². The summed E-state index contributed by atoms with van der Waals surface area (Å²) in [4.78, 5) is 12.6. The summed E-state index contributed by atoms with van der Waals surface area (Å²) in [7, 11) is 0. The molecule has 0 unspecified atom stereocenters. The molecule has 0 atom stereocenters. The quantitative estimate of drug-likeness (QED) is 0.647. The Labute approximate surface area is 84.3 Å². The molecule has 1 rings (SSSR count). The van der Waals surface area contributed by atoms with E-state index in [0.717, 1.165) is 0 Å². The van der Waals surface area contributed by atoms with Gasteiger partial charge in [0, 0.05) is 32.4 Å². The maximum Gasteiger partial charge on any atom is 0.251 e. The van der Waals surface area contributed by atoms with Crippen LogP contribution in [0.25, 0.3) is 0 Å². The molecule has 1 saturated heterocycles. The highest BCUT2D eigenvalue weighted by Crippen LogP contribution is 2.27. The first-order chi connectivity index (χ1) is 6.55. The molecule has 0 aromatic heterocycles. The van der Waals surface area contributed by atoms with Crippen molar-refractivity contribution in [1.29, 1.82) is 0 Å². The highest BCUT2D eigenvalue weighted by molar-refractivity contribution is 5.75. The number of alkyl halides is 2. The van der Waals surface area contributed by atoms with E-state index in [1.165, 1.54) is 4.90 Å². The van der Waals surface area contributed by atoms with Gasteiger partial charge in [0.1, 0.15) is 0 Å². The molecular formula is C10H19F2NO. The van der Waals surface area contributed by atoms with Gasteiger partial charge in [-0.25, -0.2) is 8.78 Å². The van der Waals surface area contributed by atoms with Crippen molar-refractivity contribution in [2.45, 2.75) is 46.0 Å². The first-order valence-corrected chi connectivity index (χ1v) is 5.21. The second-order valence-electron chi connectivity index (χ2n) is 3.09. The molecule has 2 nitrogen and oxygen atoms in total. The van der Waals surface area contributed by atoms with Crippen molar-refractivity contribution in [2.24, 2.45) is 0 Å². The normalized spacial score (nSPS) is 19.6. The number of rotatable bonds is 1. The predicted molar refractivity (Wildman–Crippen MR) is 52.4 cm³/mol. The molecule has 0 aromatic rings. The molecule has 0 bridgehead atoms. The van der Waals surface area contributed by atoms with Crippen LogP contribution in [-0.4, -0.2) is 29.8 Å². The van der Waals surface area contributed by atoms with E-state index >= 15 is 0 Å². The van der Waals surface area contributed by atoms with Gasteiger partial charge in [0.25, 0.3) is 5.92 Å². The summed E-state index contributed by atoms with van der Waals surface area (Å²) in [6.07, 6.45) is 0.0447. The average molecular weight is 207 g/mol. The Hall–Kier alpha value is -0.670. The molecule has 0 spiro atoms. The Balaban J connectivity index is 0.000000791. The summed E-state index contributed by atoms with van der Waals surface area (Å²) in [6.45, 7) is 6.16. The van der Waals surface area contributed by atoms with E-state index in [0.29, 0.717) is 6.42 Å². The second-order valence-corrected chi connectivity index (χ2v) is 3.09. The highest BCUT2D eigenvalue weighted by atomic mass is 19.3. The van der Waals surface area contributed by atoms with Gasteiger partial charge in [0.15, 0.2) is 0 Å². The fraction of sp³-hybridized carbons (Fsp3) is 0.900. The van der Waals surface area contributed by atoms with Gasteiger partial charge in [-0.1, -0.05) is 20.8 Å². The molecular weight excluding hydrogens is 188 g/mol. The minimum atomic E-state index is -2.55. The lowest BCUT2D eigenvalue weighted by Crippen LogP contribution is -2.42. The van der Waals surface area contributed by atoms with Crippen LogP contribution in [0.4, 0.5) is 8.78 Å². The largest absolute Gasteiger partial charge is 0.342 e. The van der Waals surface area contributed by atoms with Gasteiger partial charge >= 0.3 is 0 Å². The Kier molecular flexibility index (Phi) is 5.65. The van der Waals surface area contributed by atoms with Gasteiger partial charge in [-0.05, 0) is 0 Å². The van der Waals surface area contributed by atoms with E-state index in [2.05, 4.69) is 0 Å². The van der Waals surface area contributed by atoms with Crippen LogP contribution in [0.1, 0.15) is 40.0 Å². The van der Waals surface area contributed by atoms with Crippen LogP contribution in [0.3, 0.4) is 0 Å². The summed E-state index contributed by atoms with van der Waals surface area (Å²) in [5, 5.41) is 0. The number of likely N-dealkylation sites (tertiary alicyclic amines) is 1. The maximum absolute atomic E-state index is 12.6. The SMILES string of the molecule is CC.CCC(=O)N1CCC(F)(F)CC1. The molecule has 84 valence electrons. The molecule has 0 aliphatic carbocycles. The molecule has 0 aromatic carbocycles. The predicted octanol–water partition coefficient (Wildman–Crippen LogP) is 2.68. The molecule has 1 aliphatic heterocycles. The summed E-state index contributed by atoms with van der Waals surface area (Å²) in [5.41, 5.74) is 0. The van der Waals surface area contributed by atoms with Crippen molar-refractivity contribution in [1.82, 2.24) is 4.90 Å². The van der Waals surface area contributed by atoms with Crippen LogP contribution < -0.4 is 0 Å². The van der Waals surface area contributed by atoms with E-state index in [9.17, 15) is 13.6 Å². The first-order valence-electron chi connectivity index (χ1n) is 5.21. The summed E-state index contributed by atoms with van der Waals surface area (Å²) in [6, 6.07) is 0. The Morgan fingerprint density at radius 3 is 2.07 bits per heavy atom. The third-order valence-electron chi connectivity index (χ3n) is 2.15. The van der Waals surface area contributed by atoms with Crippen molar-refractivity contribution >= 4 is 5.91 Å². The molecule has 1 amide bonds. The smallest absolute Gasteiger partial charge is 0.251 e. The Morgan fingerprint density at radius 1 is 1.29 bits per heavy atom. The summed E-state index contributed by atoms with van der Waals surface area (Å²) >= 11 is 0. The molecule has 0 N–H and O–H groups in total. The van der Waals surface area contributed by atoms with Gasteiger partial charge in [0.2, 0.25) is 5.91 Å². The number of piperidine rings is 1. The number of carbonyl (C=O) groups is 1. The van der Waals surface area contributed by atoms with Crippen molar-refractivity contribution in [3.05, 3.63) is 0 Å². The number of nitrogens with zero attached hydrogens (tertiary/aromatic N) is 1. The number of amides is 1. The lowest BCUT2D eigenvalue weighted by molar-refractivity contribution is -0.136. The minimum absolute atomic E-state index is 0.0227. The maximum atomic E-state index is 12.6. The van der Waals surface area contributed by atoms with Gasteiger partial charge in [-0.3, -0.25) is 4.79 Å². The van der Waals surface area contributed by atoms with E-state index in [1.807, 2.05) is 13.8 Å². The number of hydrogen-bond acceptors (Lipinski definition) is 1. The monoisotopic (exact) mass is 207 g/mol. The van der Waals surface area contributed by atoms with Crippen LogP contribution in [0.5, 0.6) is 0 Å². The Morgan fingerprint density at radius 2 is 1.71 bits per heavy atom. The van der Waals surface area contributed by atoms with Crippen molar-refractivity contribution in [3.63, 3.8) is 0 Å². The zero-order chi connectivity index (χ0) is 11.2. The summed E-state index contributed by atoms with van der Waals surface area (Å²) < 4.78 is 25.2. The lowest BCUT2D eigenvalue weighted by Gasteiger charge is -2.31. The van der Waals surface area contributed by atoms with Crippen LogP contribution in [0.15, 0.2) is 0 Å². The van der Waals surface area contributed by atoms with Gasteiger partial charge in [0.05, 0.1) is 0 Å². The fourth-order valence-corrected chi connectivity index (χ4v) is 1.31. The van der Waals surface area contributed by atoms with Gasteiger partial charge < -0.3 is 4.90 Å². The van der Waals surface area contributed by atoms with E-state index < -0.39 is 5.92 Å². The lowest BCUT2D eigenvalue weighted by atomic mass is 10.1. The van der Waals surface area contributed by atoms with Crippen LogP contribution in [0, 0.1) is 0 Å². The Bertz CT molecular complexity index is 173. The first kappa shape index (κ1) is 13.3. The third kappa shape index (κ3) is 4.03. The average Bonchev–Trinajstić information content (AvgIpc) is 2.20. The van der Waals surface area contributed by atoms with E-state index in [-0.39, 0.29) is 31.8 Å². The van der Waals surface area contributed by atoms with Crippen LogP contribution >= 0.6 is 0 Å². The van der Waals surface area contributed by atoms with Crippen molar-refractivity contribution in [2.75, 3.05) is 13.1 Å². The van der Waals surface area contributed by atoms with E-state index in [1.54, 1.807) is 6.92 Å². The number of hydrogen-bond donors (Lipinski definition) is 0. The molecule has 4 heteroatoms. The van der Waals surface area contributed by atoms with Gasteiger partial charge in [-0.2, -0.15) is 0 Å². The number of halogens is 2.